The number of phenolic OH excluding ortho intramolecular Hbond substituents is 1. The smallest absolute Gasteiger partial charge is 0.340 e. The molecule has 1 N–H and O–H groups in total. The van der Waals surface area contributed by atoms with Crippen LogP contribution in [0.25, 0.3) is 10.8 Å². The fourth-order valence-electron chi connectivity index (χ4n) is 2.99. The van der Waals surface area contributed by atoms with E-state index in [1.165, 1.54) is 6.20 Å². The molecule has 1 aromatic heterocycles. The molecule has 6 heteroatoms. The second kappa shape index (κ2) is 7.95. The third-order valence-corrected chi connectivity index (χ3v) is 4.25. The molecule has 0 amide bonds. The van der Waals surface area contributed by atoms with Gasteiger partial charge in [0.05, 0.1) is 32.1 Å². The molecule has 0 spiro atoms. The minimum Gasteiger partial charge on any atom is -0.508 e. The van der Waals surface area contributed by atoms with Gasteiger partial charge in [-0.2, -0.15) is 0 Å². The van der Waals surface area contributed by atoms with Crippen LogP contribution in [0.4, 0.5) is 0 Å². The highest BCUT2D eigenvalue weighted by Gasteiger charge is 2.18. The highest BCUT2D eigenvalue weighted by atomic mass is 16.5. The Labute approximate surface area is 157 Å². The number of aromatic nitrogens is 1. The molecule has 0 aliphatic carbocycles. The molecular formula is C21H21NO5. The fourth-order valence-corrected chi connectivity index (χ4v) is 2.99. The van der Waals surface area contributed by atoms with Gasteiger partial charge < -0.3 is 19.3 Å². The number of ether oxygens (including phenoxy) is 3. The summed E-state index contributed by atoms with van der Waals surface area (Å²) in [5.41, 5.74) is 2.03. The Hall–Kier alpha value is -3.28. The van der Waals surface area contributed by atoms with E-state index in [4.69, 9.17) is 14.2 Å². The number of carbonyl (C=O) groups is 1. The van der Waals surface area contributed by atoms with Crippen molar-refractivity contribution in [1.29, 1.82) is 0 Å². The largest absolute Gasteiger partial charge is 0.508 e. The Morgan fingerprint density at radius 3 is 2.41 bits per heavy atom. The number of benzene rings is 2. The Kier molecular flexibility index (Phi) is 5.45. The summed E-state index contributed by atoms with van der Waals surface area (Å²) in [5, 5.41) is 11.2. The van der Waals surface area contributed by atoms with Crippen LogP contribution in [-0.4, -0.2) is 36.9 Å². The van der Waals surface area contributed by atoms with Crippen LogP contribution in [0.2, 0.25) is 0 Å². The van der Waals surface area contributed by atoms with Crippen molar-refractivity contribution in [3.8, 4) is 17.2 Å². The monoisotopic (exact) mass is 367 g/mol. The van der Waals surface area contributed by atoms with Gasteiger partial charge in [0.15, 0.2) is 11.5 Å². The Morgan fingerprint density at radius 1 is 1.07 bits per heavy atom. The van der Waals surface area contributed by atoms with Gasteiger partial charge in [-0.1, -0.05) is 12.1 Å². The first-order valence-electron chi connectivity index (χ1n) is 8.56. The Bertz CT molecular complexity index is 984. The summed E-state index contributed by atoms with van der Waals surface area (Å²) < 4.78 is 15.9. The lowest BCUT2D eigenvalue weighted by Gasteiger charge is -2.14. The zero-order chi connectivity index (χ0) is 19.4. The molecule has 0 radical (unpaired) electrons. The summed E-state index contributed by atoms with van der Waals surface area (Å²) in [6, 6.07) is 10.6. The number of rotatable bonds is 6. The third-order valence-electron chi connectivity index (χ3n) is 4.25. The molecule has 0 fully saturated rings. The van der Waals surface area contributed by atoms with Crippen LogP contribution >= 0.6 is 0 Å². The van der Waals surface area contributed by atoms with Gasteiger partial charge in [0.25, 0.3) is 0 Å². The van der Waals surface area contributed by atoms with E-state index in [9.17, 15) is 9.90 Å². The number of hydrogen-bond donors (Lipinski definition) is 1. The zero-order valence-electron chi connectivity index (χ0n) is 15.5. The second-order valence-corrected chi connectivity index (χ2v) is 5.94. The summed E-state index contributed by atoms with van der Waals surface area (Å²) >= 11 is 0. The normalized spacial score (nSPS) is 10.6. The third kappa shape index (κ3) is 3.79. The SMILES string of the molecule is CCOC(=O)c1cnc(Cc2cccc(O)c2)c2cc(OC)c(OC)cc12. The molecule has 0 aliphatic heterocycles. The molecule has 3 rings (SSSR count). The molecule has 0 aliphatic rings. The molecule has 0 bridgehead atoms. The summed E-state index contributed by atoms with van der Waals surface area (Å²) in [5.74, 6) is 0.820. The number of esters is 1. The van der Waals surface area contributed by atoms with Crippen molar-refractivity contribution in [2.45, 2.75) is 13.3 Å². The fraction of sp³-hybridized carbons (Fsp3) is 0.238. The van der Waals surface area contributed by atoms with E-state index in [0.717, 1.165) is 16.6 Å². The molecule has 0 saturated heterocycles. The van der Waals surface area contributed by atoms with E-state index in [1.54, 1.807) is 45.4 Å². The lowest BCUT2D eigenvalue weighted by Crippen LogP contribution is -2.08. The minimum absolute atomic E-state index is 0.194. The van der Waals surface area contributed by atoms with Crippen LogP contribution in [0, 0.1) is 0 Å². The molecular weight excluding hydrogens is 346 g/mol. The predicted molar refractivity (Wildman–Crippen MR) is 102 cm³/mol. The quantitative estimate of drug-likeness (QED) is 0.669. The number of phenols is 1. The molecule has 2 aromatic carbocycles. The Morgan fingerprint density at radius 2 is 1.78 bits per heavy atom. The minimum atomic E-state index is -0.439. The molecule has 0 saturated carbocycles. The number of fused-ring (bicyclic) bond motifs is 1. The summed E-state index contributed by atoms with van der Waals surface area (Å²) in [7, 11) is 3.10. The van der Waals surface area contributed by atoms with Gasteiger partial charge in [-0.25, -0.2) is 4.79 Å². The molecule has 27 heavy (non-hydrogen) atoms. The van der Waals surface area contributed by atoms with E-state index in [1.807, 2.05) is 12.1 Å². The van der Waals surface area contributed by atoms with Crippen LogP contribution in [0.3, 0.4) is 0 Å². The number of methoxy groups -OCH3 is 2. The molecule has 6 nitrogen and oxygen atoms in total. The van der Waals surface area contributed by atoms with Crippen molar-refractivity contribution >= 4 is 16.7 Å². The maximum atomic E-state index is 12.4. The van der Waals surface area contributed by atoms with Gasteiger partial charge in [0, 0.05) is 23.4 Å². The molecule has 0 unspecified atom stereocenters. The lowest BCUT2D eigenvalue weighted by atomic mass is 10.00. The Balaban J connectivity index is 2.19. The number of carbonyl (C=O) groups excluding carboxylic acids is 1. The maximum Gasteiger partial charge on any atom is 0.340 e. The van der Waals surface area contributed by atoms with Crippen LogP contribution in [-0.2, 0) is 11.2 Å². The highest BCUT2D eigenvalue weighted by molar-refractivity contribution is 6.05. The van der Waals surface area contributed by atoms with Crippen LogP contribution in [0.15, 0.2) is 42.6 Å². The van der Waals surface area contributed by atoms with Crippen LogP contribution in [0.1, 0.15) is 28.5 Å². The summed E-state index contributed by atoms with van der Waals surface area (Å²) in [4.78, 5) is 16.8. The first kappa shape index (κ1) is 18.5. The van der Waals surface area contributed by atoms with Crippen molar-refractivity contribution in [2.24, 2.45) is 0 Å². The van der Waals surface area contributed by atoms with Gasteiger partial charge in [0.2, 0.25) is 0 Å². The average Bonchev–Trinajstić information content (AvgIpc) is 2.67. The van der Waals surface area contributed by atoms with Crippen LogP contribution in [0.5, 0.6) is 17.2 Å². The lowest BCUT2D eigenvalue weighted by molar-refractivity contribution is 0.0528. The van der Waals surface area contributed by atoms with Crippen molar-refractivity contribution in [2.75, 3.05) is 20.8 Å². The number of nitrogens with zero attached hydrogens (tertiary/aromatic N) is 1. The van der Waals surface area contributed by atoms with Crippen molar-refractivity contribution in [3.05, 3.63) is 59.4 Å². The number of pyridine rings is 1. The van der Waals surface area contributed by atoms with E-state index >= 15 is 0 Å². The standard InChI is InChI=1S/C21H21NO5/c1-4-27-21(24)17-12-22-18(9-13-6-5-7-14(23)8-13)16-11-20(26-3)19(25-2)10-15(16)17/h5-8,10-12,23H,4,9H2,1-3H3. The van der Waals surface area contributed by atoms with Gasteiger partial charge >= 0.3 is 5.97 Å². The van der Waals surface area contributed by atoms with E-state index in [0.29, 0.717) is 28.9 Å². The zero-order valence-corrected chi connectivity index (χ0v) is 15.5. The predicted octanol–water partition coefficient (Wildman–Crippen LogP) is 3.73. The van der Waals surface area contributed by atoms with Gasteiger partial charge in [-0.05, 0) is 36.8 Å². The van der Waals surface area contributed by atoms with Crippen LogP contribution < -0.4 is 9.47 Å². The first-order chi connectivity index (χ1) is 13.1. The van der Waals surface area contributed by atoms with Gasteiger partial charge in [-0.3, -0.25) is 4.98 Å². The van der Waals surface area contributed by atoms with E-state index in [2.05, 4.69) is 4.98 Å². The topological polar surface area (TPSA) is 77.9 Å². The second-order valence-electron chi connectivity index (χ2n) is 5.94. The number of hydrogen-bond acceptors (Lipinski definition) is 6. The average molecular weight is 367 g/mol. The molecule has 0 atom stereocenters. The van der Waals surface area contributed by atoms with E-state index in [-0.39, 0.29) is 12.4 Å². The first-order valence-corrected chi connectivity index (χ1v) is 8.56. The molecule has 1 heterocycles. The molecule has 140 valence electrons. The van der Waals surface area contributed by atoms with Crippen molar-refractivity contribution in [1.82, 2.24) is 4.98 Å². The van der Waals surface area contributed by atoms with Crippen molar-refractivity contribution < 1.29 is 24.1 Å². The summed E-state index contributed by atoms with van der Waals surface area (Å²) in [6.45, 7) is 2.03. The van der Waals surface area contributed by atoms with Gasteiger partial charge in [-0.15, -0.1) is 0 Å². The highest BCUT2D eigenvalue weighted by Crippen LogP contribution is 2.35. The van der Waals surface area contributed by atoms with E-state index < -0.39 is 5.97 Å². The maximum absolute atomic E-state index is 12.4. The van der Waals surface area contributed by atoms with Gasteiger partial charge in [0.1, 0.15) is 5.75 Å². The summed E-state index contributed by atoms with van der Waals surface area (Å²) in [6.07, 6.45) is 2.01. The molecule has 3 aromatic rings. The van der Waals surface area contributed by atoms with Crippen molar-refractivity contribution in [3.63, 3.8) is 0 Å². The number of aromatic hydroxyl groups is 1.